The van der Waals surface area contributed by atoms with Gasteiger partial charge in [0, 0.05) is 64.3 Å². The molecule has 2 aromatic carbocycles. The topological polar surface area (TPSA) is 176 Å². The average molecular weight is 633 g/mol. The summed E-state index contributed by atoms with van der Waals surface area (Å²) in [4.78, 5) is 36.4. The van der Waals surface area contributed by atoms with Crippen molar-refractivity contribution in [3.8, 4) is 12.1 Å². The molecule has 12 nitrogen and oxygen atoms in total. The fourth-order valence-corrected chi connectivity index (χ4v) is 5.97. The van der Waals surface area contributed by atoms with Gasteiger partial charge in [0.15, 0.2) is 0 Å². The Hall–Kier alpha value is -4.68. The molecule has 0 spiro atoms. The number of anilines is 2. The third-order valence-electron chi connectivity index (χ3n) is 7.88. The van der Waals surface area contributed by atoms with Gasteiger partial charge in [-0.1, -0.05) is 12.1 Å². The Bertz CT molecular complexity index is 1490. The summed E-state index contributed by atoms with van der Waals surface area (Å²) >= 11 is 0. The van der Waals surface area contributed by atoms with E-state index in [2.05, 4.69) is 28.0 Å². The van der Waals surface area contributed by atoms with E-state index in [0.717, 1.165) is 78.9 Å². The summed E-state index contributed by atoms with van der Waals surface area (Å²) in [5.74, 6) is -0.542. The zero-order valence-corrected chi connectivity index (χ0v) is 27.2. The largest absolute Gasteiger partial charge is 0.466 e. The van der Waals surface area contributed by atoms with Gasteiger partial charge in [-0.15, -0.1) is 0 Å². The molecule has 0 aliphatic carbocycles. The van der Waals surface area contributed by atoms with E-state index in [9.17, 15) is 30.2 Å². The van der Waals surface area contributed by atoms with Crippen molar-refractivity contribution >= 4 is 23.3 Å². The number of nitriles is 2. The maximum atomic E-state index is 10.8. The third-order valence-corrected chi connectivity index (χ3v) is 7.88. The van der Waals surface area contributed by atoms with Crippen LogP contribution >= 0.6 is 0 Å². The minimum absolute atomic E-state index is 0.0887. The number of carbonyl (C=O) groups excluding carboxylic acids is 2. The maximum Gasteiger partial charge on any atom is 0.302 e. The van der Waals surface area contributed by atoms with E-state index < -0.39 is 6.04 Å². The first kappa shape index (κ1) is 35.8. The second-order valence-corrected chi connectivity index (χ2v) is 11.9. The van der Waals surface area contributed by atoms with E-state index >= 15 is 0 Å². The van der Waals surface area contributed by atoms with Gasteiger partial charge in [0.1, 0.15) is 12.1 Å². The molecular weight excluding hydrogens is 588 g/mol. The molecule has 2 N–H and O–H groups in total. The highest BCUT2D eigenvalue weighted by Crippen LogP contribution is 2.34. The van der Waals surface area contributed by atoms with E-state index in [1.165, 1.54) is 19.4 Å². The lowest BCUT2D eigenvalue weighted by molar-refractivity contribution is -0.517. The third kappa shape index (κ3) is 10.2. The summed E-state index contributed by atoms with van der Waals surface area (Å²) in [5, 5.41) is 29.7. The summed E-state index contributed by atoms with van der Waals surface area (Å²) in [7, 11) is 0. The summed E-state index contributed by atoms with van der Waals surface area (Å²) in [6.07, 6.45) is 4.34. The Morgan fingerprint density at radius 1 is 0.870 bits per heavy atom. The van der Waals surface area contributed by atoms with Gasteiger partial charge in [-0.2, -0.15) is 10.5 Å². The van der Waals surface area contributed by atoms with Crippen LogP contribution in [0.25, 0.3) is 0 Å². The monoisotopic (exact) mass is 632 g/mol. The molecule has 2 aliphatic rings. The van der Waals surface area contributed by atoms with Crippen LogP contribution in [0.3, 0.4) is 0 Å². The lowest BCUT2D eigenvalue weighted by Gasteiger charge is -2.21. The molecule has 2 aromatic rings. The van der Waals surface area contributed by atoms with Gasteiger partial charge in [-0.25, -0.2) is 0 Å². The number of fused-ring (bicyclic) bond motifs is 2. The number of hydrogen-bond donors (Lipinski definition) is 1. The number of nitrogens with two attached hydrogens (primary N) is 1. The smallest absolute Gasteiger partial charge is 0.302 e. The number of nitro groups is 1. The fourth-order valence-electron chi connectivity index (χ4n) is 5.97. The van der Waals surface area contributed by atoms with Crippen LogP contribution in [-0.2, 0) is 44.7 Å². The lowest BCUT2D eigenvalue weighted by atomic mass is 9.99. The maximum absolute atomic E-state index is 10.8. The molecule has 0 bridgehead atoms. The average Bonchev–Trinajstić information content (AvgIpc) is 3.60. The molecule has 0 fully saturated rings. The zero-order chi connectivity index (χ0) is 33.8. The molecule has 0 radical (unpaired) electrons. The van der Waals surface area contributed by atoms with Crippen molar-refractivity contribution in [3.05, 3.63) is 67.8 Å². The van der Waals surface area contributed by atoms with Crippen LogP contribution in [0.2, 0.25) is 0 Å². The van der Waals surface area contributed by atoms with Crippen molar-refractivity contribution < 1.29 is 24.0 Å². The normalized spacial score (nSPS) is 14.2. The Kier molecular flexibility index (Phi) is 13.3. The van der Waals surface area contributed by atoms with Crippen LogP contribution in [0.4, 0.5) is 11.4 Å². The highest BCUT2D eigenvalue weighted by Gasteiger charge is 2.25. The first-order chi connectivity index (χ1) is 21.9. The van der Waals surface area contributed by atoms with E-state index in [0.29, 0.717) is 38.2 Å². The van der Waals surface area contributed by atoms with Crippen LogP contribution in [0, 0.1) is 32.8 Å². The van der Waals surface area contributed by atoms with Gasteiger partial charge < -0.3 is 25.0 Å². The van der Waals surface area contributed by atoms with E-state index in [-0.39, 0.29) is 22.9 Å². The van der Waals surface area contributed by atoms with E-state index in [1.54, 1.807) is 13.0 Å². The molecule has 4 rings (SSSR count). The molecule has 246 valence electrons. The van der Waals surface area contributed by atoms with Crippen molar-refractivity contribution in [2.45, 2.75) is 78.3 Å². The predicted octanol–water partition coefficient (Wildman–Crippen LogP) is 3.85. The number of hydrogen-bond acceptors (Lipinski definition) is 11. The molecule has 0 amide bonds. The number of benzene rings is 2. The Morgan fingerprint density at radius 3 is 1.67 bits per heavy atom. The van der Waals surface area contributed by atoms with Crippen LogP contribution in [0.5, 0.6) is 0 Å². The highest BCUT2D eigenvalue weighted by atomic mass is 16.6. The van der Waals surface area contributed by atoms with Gasteiger partial charge in [-0.05, 0) is 73.4 Å². The molecule has 2 heterocycles. The van der Waals surface area contributed by atoms with Crippen molar-refractivity contribution in [2.24, 2.45) is 5.73 Å². The summed E-state index contributed by atoms with van der Waals surface area (Å²) in [6, 6.07) is 11.8. The number of nitrogens with zero attached hydrogens (tertiary/aromatic N) is 5. The van der Waals surface area contributed by atoms with Crippen molar-refractivity contribution in [1.82, 2.24) is 0 Å². The molecule has 0 saturated carbocycles. The highest BCUT2D eigenvalue weighted by molar-refractivity contribution is 5.70. The Balaban J connectivity index is 0.000000251. The van der Waals surface area contributed by atoms with Gasteiger partial charge in [-0.3, -0.25) is 19.7 Å². The fraction of sp³-hybridized carbons (Fsp3) is 0.529. The number of rotatable bonds is 13. The molecule has 12 heteroatoms. The number of carbonyl (C=O) groups is 2. The molecule has 46 heavy (non-hydrogen) atoms. The first-order valence-electron chi connectivity index (χ1n) is 15.7. The minimum Gasteiger partial charge on any atom is -0.466 e. The molecule has 2 atom stereocenters. The van der Waals surface area contributed by atoms with E-state index in [4.69, 9.17) is 15.2 Å². The number of ether oxygens (including phenoxy) is 2. The molecule has 0 aromatic heterocycles. The molecular formula is C34H44N6O6. The van der Waals surface area contributed by atoms with Crippen LogP contribution < -0.4 is 15.5 Å². The minimum atomic E-state index is -0.671. The SMILES string of the molecule is CC(=O)OCCCN1CCc2cc(CC(C)N)cc(C#N)c21.CC(=O)OCCCN1CCc2cc(CC(C)[N+](=O)[O-])cc(C#N)c21. The van der Waals surface area contributed by atoms with Crippen molar-refractivity contribution in [1.29, 1.82) is 10.5 Å². The van der Waals surface area contributed by atoms with E-state index in [1.807, 2.05) is 19.1 Å². The van der Waals surface area contributed by atoms with Crippen LogP contribution in [-0.4, -0.2) is 68.3 Å². The first-order valence-corrected chi connectivity index (χ1v) is 15.7. The second-order valence-electron chi connectivity index (χ2n) is 11.9. The van der Waals surface area contributed by atoms with Gasteiger partial charge in [0.25, 0.3) is 0 Å². The molecule has 2 unspecified atom stereocenters. The Labute approximate surface area is 270 Å². The summed E-state index contributed by atoms with van der Waals surface area (Å²) in [5.41, 5.74) is 13.3. The summed E-state index contributed by atoms with van der Waals surface area (Å²) < 4.78 is 9.90. The van der Waals surface area contributed by atoms with Gasteiger partial charge in [0.05, 0.1) is 35.7 Å². The number of esters is 2. The van der Waals surface area contributed by atoms with Crippen molar-refractivity contribution in [2.75, 3.05) is 49.2 Å². The van der Waals surface area contributed by atoms with Gasteiger partial charge >= 0.3 is 11.9 Å². The zero-order valence-electron chi connectivity index (χ0n) is 27.2. The molecule has 2 aliphatic heterocycles. The quantitative estimate of drug-likeness (QED) is 0.147. The molecule has 0 saturated heterocycles. The van der Waals surface area contributed by atoms with Gasteiger partial charge in [0.2, 0.25) is 6.04 Å². The standard InChI is InChI=1S/C17H21N3O4.C17H23N3O2/c1-12(20(22)23)8-14-9-15-4-6-19(5-3-7-24-13(2)21)17(15)16(10-14)11-18;1-12(19)8-14-9-15-4-6-20(5-3-7-22-13(2)21)17(15)16(10-14)11-18/h9-10,12H,3-8H2,1-2H3;9-10,12H,3-8,19H2,1-2H3. The van der Waals surface area contributed by atoms with Crippen LogP contribution in [0.15, 0.2) is 24.3 Å². The van der Waals surface area contributed by atoms with Crippen molar-refractivity contribution in [3.63, 3.8) is 0 Å². The van der Waals surface area contributed by atoms with Crippen LogP contribution in [0.1, 0.15) is 73.9 Å². The lowest BCUT2D eigenvalue weighted by Crippen LogP contribution is -2.24. The predicted molar refractivity (Wildman–Crippen MR) is 174 cm³/mol. The summed E-state index contributed by atoms with van der Waals surface area (Å²) in [6.45, 7) is 10.3. The Morgan fingerprint density at radius 2 is 1.30 bits per heavy atom. The second kappa shape index (κ2) is 17.1.